The van der Waals surface area contributed by atoms with Crippen molar-refractivity contribution < 1.29 is 9.90 Å². The molecule has 0 atom stereocenters. The van der Waals surface area contributed by atoms with E-state index in [1.807, 2.05) is 25.6 Å². The van der Waals surface area contributed by atoms with Gasteiger partial charge in [0.1, 0.15) is 0 Å². The van der Waals surface area contributed by atoms with Crippen molar-refractivity contribution >= 4 is 17.7 Å². The number of aliphatic carboxylic acids is 1. The average Bonchev–Trinajstić information content (AvgIpc) is 3.09. The van der Waals surface area contributed by atoms with Gasteiger partial charge in [-0.2, -0.15) is 0 Å². The van der Waals surface area contributed by atoms with Crippen LogP contribution in [0.15, 0.2) is 29.2 Å². The maximum Gasteiger partial charge on any atom is 0.304 e. The number of hydrogen-bond donors (Lipinski definition) is 1. The van der Waals surface area contributed by atoms with Crippen LogP contribution in [0.4, 0.5) is 0 Å². The molecule has 0 spiro atoms. The molecular formula is C15H20O2S. The third-order valence-corrected chi connectivity index (χ3v) is 4.66. The highest BCUT2D eigenvalue weighted by Gasteiger charge is 2.24. The third kappa shape index (κ3) is 3.77. The van der Waals surface area contributed by atoms with Gasteiger partial charge in [-0.1, -0.05) is 26.0 Å². The zero-order chi connectivity index (χ0) is 13.2. The van der Waals surface area contributed by atoms with E-state index in [1.54, 1.807) is 0 Å². The first kappa shape index (κ1) is 13.5. The predicted octanol–water partition coefficient (Wildman–Crippen LogP) is 3.94. The van der Waals surface area contributed by atoms with Crippen LogP contribution in [-0.4, -0.2) is 16.8 Å². The second-order valence-electron chi connectivity index (χ2n) is 5.73. The Bertz CT molecular complexity index is 419. The summed E-state index contributed by atoms with van der Waals surface area (Å²) in [6, 6.07) is 8.37. The smallest absolute Gasteiger partial charge is 0.304 e. The molecule has 0 radical (unpaired) electrons. The van der Waals surface area contributed by atoms with Gasteiger partial charge in [-0.15, -0.1) is 11.8 Å². The van der Waals surface area contributed by atoms with Crippen molar-refractivity contribution in [3.8, 4) is 0 Å². The van der Waals surface area contributed by atoms with Crippen LogP contribution < -0.4 is 0 Å². The molecule has 1 saturated carbocycles. The molecule has 0 aliphatic heterocycles. The summed E-state index contributed by atoms with van der Waals surface area (Å²) in [7, 11) is 0. The Morgan fingerprint density at radius 1 is 1.33 bits per heavy atom. The van der Waals surface area contributed by atoms with Crippen LogP contribution in [0.2, 0.25) is 0 Å². The van der Waals surface area contributed by atoms with E-state index in [-0.39, 0.29) is 11.8 Å². The van der Waals surface area contributed by atoms with Crippen molar-refractivity contribution in [2.75, 3.05) is 5.75 Å². The SMILES string of the molecule is CC(C)(CC(=O)O)c1ccc(SCC2CC2)cc1. The molecule has 1 aromatic carbocycles. The molecule has 0 saturated heterocycles. The Morgan fingerprint density at radius 2 is 1.94 bits per heavy atom. The number of rotatable bonds is 6. The molecule has 98 valence electrons. The summed E-state index contributed by atoms with van der Waals surface area (Å²) in [5.41, 5.74) is 0.798. The van der Waals surface area contributed by atoms with Crippen molar-refractivity contribution in [2.45, 2.75) is 43.4 Å². The first-order valence-electron chi connectivity index (χ1n) is 6.42. The van der Waals surface area contributed by atoms with Crippen LogP contribution in [-0.2, 0) is 10.2 Å². The highest BCUT2D eigenvalue weighted by molar-refractivity contribution is 7.99. The van der Waals surface area contributed by atoms with Crippen molar-refractivity contribution in [3.05, 3.63) is 29.8 Å². The fraction of sp³-hybridized carbons (Fsp3) is 0.533. The van der Waals surface area contributed by atoms with Gasteiger partial charge in [0.25, 0.3) is 0 Å². The van der Waals surface area contributed by atoms with Crippen molar-refractivity contribution in [1.82, 2.24) is 0 Å². The van der Waals surface area contributed by atoms with Crippen LogP contribution in [0.3, 0.4) is 0 Å². The Balaban J connectivity index is 1.98. The molecule has 1 aliphatic rings. The quantitative estimate of drug-likeness (QED) is 0.791. The van der Waals surface area contributed by atoms with Crippen molar-refractivity contribution in [2.24, 2.45) is 5.92 Å². The van der Waals surface area contributed by atoms with Gasteiger partial charge in [-0.25, -0.2) is 0 Å². The van der Waals surface area contributed by atoms with E-state index in [2.05, 4.69) is 24.3 Å². The molecule has 0 heterocycles. The second-order valence-corrected chi connectivity index (χ2v) is 6.83. The molecule has 2 rings (SSSR count). The van der Waals surface area contributed by atoms with Crippen LogP contribution >= 0.6 is 11.8 Å². The maximum atomic E-state index is 10.8. The molecule has 18 heavy (non-hydrogen) atoms. The normalized spacial score (nSPS) is 15.7. The summed E-state index contributed by atoms with van der Waals surface area (Å²) in [5.74, 6) is 1.41. The molecule has 1 N–H and O–H groups in total. The molecule has 1 aromatic rings. The van der Waals surface area contributed by atoms with Gasteiger partial charge in [0, 0.05) is 16.1 Å². The van der Waals surface area contributed by atoms with Crippen LogP contribution in [0.25, 0.3) is 0 Å². The standard InChI is InChI=1S/C15H20O2S/c1-15(2,9-14(16)17)12-5-7-13(8-6-12)18-10-11-3-4-11/h5-8,11H,3-4,9-10H2,1-2H3,(H,16,17). The average molecular weight is 264 g/mol. The number of benzene rings is 1. The number of thioether (sulfide) groups is 1. The summed E-state index contributed by atoms with van der Waals surface area (Å²) in [4.78, 5) is 12.1. The molecule has 0 aromatic heterocycles. The Kier molecular flexibility index (Phi) is 4.00. The Hall–Kier alpha value is -0.960. The van der Waals surface area contributed by atoms with Gasteiger partial charge < -0.3 is 5.11 Å². The number of carboxylic acid groups (broad SMARTS) is 1. The van der Waals surface area contributed by atoms with E-state index in [0.717, 1.165) is 11.5 Å². The third-order valence-electron chi connectivity index (χ3n) is 3.41. The maximum absolute atomic E-state index is 10.8. The van der Waals surface area contributed by atoms with E-state index in [4.69, 9.17) is 5.11 Å². The van der Waals surface area contributed by atoms with E-state index in [0.29, 0.717) is 0 Å². The molecule has 3 heteroatoms. The highest BCUT2D eigenvalue weighted by atomic mass is 32.2. The van der Waals surface area contributed by atoms with Crippen molar-refractivity contribution in [3.63, 3.8) is 0 Å². The minimum Gasteiger partial charge on any atom is -0.481 e. The van der Waals surface area contributed by atoms with Gasteiger partial charge in [0.05, 0.1) is 6.42 Å². The largest absolute Gasteiger partial charge is 0.481 e. The lowest BCUT2D eigenvalue weighted by Gasteiger charge is -2.23. The molecule has 0 bridgehead atoms. The molecule has 1 aliphatic carbocycles. The number of carboxylic acids is 1. The Morgan fingerprint density at radius 3 is 2.44 bits per heavy atom. The van der Waals surface area contributed by atoms with E-state index < -0.39 is 5.97 Å². The molecule has 0 amide bonds. The lowest BCUT2D eigenvalue weighted by Crippen LogP contribution is -2.21. The van der Waals surface area contributed by atoms with E-state index in [1.165, 1.54) is 23.5 Å². The fourth-order valence-corrected chi connectivity index (χ4v) is 3.07. The van der Waals surface area contributed by atoms with Crippen LogP contribution in [0.5, 0.6) is 0 Å². The summed E-state index contributed by atoms with van der Waals surface area (Å²) >= 11 is 1.91. The molecular weight excluding hydrogens is 244 g/mol. The molecule has 0 unspecified atom stereocenters. The van der Waals surface area contributed by atoms with Crippen LogP contribution in [0, 0.1) is 5.92 Å². The lowest BCUT2D eigenvalue weighted by atomic mass is 9.82. The van der Waals surface area contributed by atoms with Crippen LogP contribution in [0.1, 0.15) is 38.7 Å². The first-order chi connectivity index (χ1) is 8.47. The summed E-state index contributed by atoms with van der Waals surface area (Å²) in [6.07, 6.45) is 2.94. The highest BCUT2D eigenvalue weighted by Crippen LogP contribution is 2.35. The summed E-state index contributed by atoms with van der Waals surface area (Å²) < 4.78 is 0. The Labute approximate surface area is 113 Å². The van der Waals surface area contributed by atoms with Gasteiger partial charge in [0.2, 0.25) is 0 Å². The van der Waals surface area contributed by atoms with E-state index >= 15 is 0 Å². The minimum atomic E-state index is -0.743. The first-order valence-corrected chi connectivity index (χ1v) is 7.41. The molecule has 1 fully saturated rings. The van der Waals surface area contributed by atoms with Crippen molar-refractivity contribution in [1.29, 1.82) is 0 Å². The fourth-order valence-electron chi connectivity index (χ4n) is 1.98. The topological polar surface area (TPSA) is 37.3 Å². The van der Waals surface area contributed by atoms with E-state index in [9.17, 15) is 4.79 Å². The zero-order valence-electron chi connectivity index (χ0n) is 11.0. The van der Waals surface area contributed by atoms with Gasteiger partial charge in [-0.3, -0.25) is 4.79 Å². The number of carbonyl (C=O) groups is 1. The minimum absolute atomic E-state index is 0.168. The number of hydrogen-bond acceptors (Lipinski definition) is 2. The monoisotopic (exact) mass is 264 g/mol. The van der Waals surface area contributed by atoms with Gasteiger partial charge in [0.15, 0.2) is 0 Å². The predicted molar refractivity (Wildman–Crippen MR) is 75.2 cm³/mol. The second kappa shape index (κ2) is 5.35. The lowest BCUT2D eigenvalue weighted by molar-refractivity contribution is -0.138. The summed E-state index contributed by atoms with van der Waals surface area (Å²) in [5, 5.41) is 8.91. The van der Waals surface area contributed by atoms with Gasteiger partial charge >= 0.3 is 5.97 Å². The summed E-state index contributed by atoms with van der Waals surface area (Å²) in [6.45, 7) is 3.96. The molecule has 2 nitrogen and oxygen atoms in total. The van der Waals surface area contributed by atoms with Gasteiger partial charge in [-0.05, 0) is 36.5 Å². The zero-order valence-corrected chi connectivity index (χ0v) is 11.8.